The lowest BCUT2D eigenvalue weighted by molar-refractivity contribution is 0.0952. The van der Waals surface area contributed by atoms with E-state index in [-0.39, 0.29) is 17.1 Å². The Morgan fingerprint density at radius 3 is 2.83 bits per heavy atom. The average molecular weight is 505 g/mol. The first kappa shape index (κ1) is 18.5. The van der Waals surface area contributed by atoms with Crippen LogP contribution < -0.4 is 10.2 Å². The van der Waals surface area contributed by atoms with Gasteiger partial charge >= 0.3 is 0 Å². The van der Waals surface area contributed by atoms with Gasteiger partial charge in [0, 0.05) is 4.47 Å². The van der Waals surface area contributed by atoms with E-state index in [4.69, 9.17) is 4.74 Å². The Morgan fingerprint density at radius 1 is 1.38 bits per heavy atom. The van der Waals surface area contributed by atoms with Gasteiger partial charge in [0.2, 0.25) is 0 Å². The summed E-state index contributed by atoms with van der Waals surface area (Å²) < 4.78 is 6.62. The van der Waals surface area contributed by atoms with Crippen molar-refractivity contribution in [3.63, 3.8) is 0 Å². The topological polar surface area (TPSA) is 91.2 Å². The van der Waals surface area contributed by atoms with Gasteiger partial charge < -0.3 is 14.9 Å². The van der Waals surface area contributed by atoms with Crippen LogP contribution in [0.15, 0.2) is 39.9 Å². The normalized spacial score (nSPS) is 10.8. The van der Waals surface area contributed by atoms with Crippen LogP contribution in [0.3, 0.4) is 0 Å². The van der Waals surface area contributed by atoms with Gasteiger partial charge in [-0.2, -0.15) is 5.10 Å². The van der Waals surface area contributed by atoms with Crippen LogP contribution in [0.5, 0.6) is 17.2 Å². The summed E-state index contributed by atoms with van der Waals surface area (Å²) in [7, 11) is 0. The molecule has 0 atom stereocenters. The Balaban J connectivity index is 2.14. The molecule has 126 valence electrons. The summed E-state index contributed by atoms with van der Waals surface area (Å²) in [4.78, 5) is 12.0. The number of halogens is 2. The third-order valence-electron chi connectivity index (χ3n) is 2.93. The molecule has 0 saturated carbocycles. The fraction of sp³-hybridized carbons (Fsp3) is 0.125. The van der Waals surface area contributed by atoms with Gasteiger partial charge in [-0.1, -0.05) is 15.9 Å². The van der Waals surface area contributed by atoms with Crippen LogP contribution >= 0.6 is 38.5 Å². The molecule has 0 aliphatic rings. The summed E-state index contributed by atoms with van der Waals surface area (Å²) in [5.41, 5.74) is 3.11. The van der Waals surface area contributed by atoms with E-state index in [0.717, 1.165) is 0 Å². The van der Waals surface area contributed by atoms with Gasteiger partial charge in [0.15, 0.2) is 11.5 Å². The summed E-state index contributed by atoms with van der Waals surface area (Å²) in [6.07, 6.45) is 1.43. The van der Waals surface area contributed by atoms with E-state index in [0.29, 0.717) is 26.0 Å². The van der Waals surface area contributed by atoms with Crippen molar-refractivity contribution in [2.24, 2.45) is 5.10 Å². The van der Waals surface area contributed by atoms with Gasteiger partial charge in [0.1, 0.15) is 5.75 Å². The molecule has 8 heteroatoms. The van der Waals surface area contributed by atoms with Crippen molar-refractivity contribution in [3.05, 3.63) is 49.5 Å². The van der Waals surface area contributed by atoms with Crippen LogP contribution in [0, 0.1) is 3.57 Å². The number of phenols is 2. The average Bonchev–Trinajstić information content (AvgIpc) is 2.54. The first-order valence-electron chi connectivity index (χ1n) is 6.89. The first-order chi connectivity index (χ1) is 11.4. The van der Waals surface area contributed by atoms with Gasteiger partial charge in [-0.3, -0.25) is 4.79 Å². The predicted octanol–water partition coefficient (Wildman–Crippen LogP) is 3.63. The number of phenolic OH excluding ortho intramolecular Hbond substituents is 2. The van der Waals surface area contributed by atoms with E-state index in [2.05, 4.69) is 26.5 Å². The molecule has 0 aliphatic heterocycles. The quantitative estimate of drug-likeness (QED) is 0.329. The number of nitrogens with zero attached hydrogens (tertiary/aromatic N) is 1. The Kier molecular flexibility index (Phi) is 6.44. The molecule has 0 saturated heterocycles. The molecule has 0 spiro atoms. The van der Waals surface area contributed by atoms with Crippen molar-refractivity contribution in [3.8, 4) is 17.2 Å². The Bertz CT molecular complexity index is 796. The molecule has 2 aromatic rings. The summed E-state index contributed by atoms with van der Waals surface area (Å²) in [6, 6.07) is 7.86. The molecule has 0 heterocycles. The molecule has 0 unspecified atom stereocenters. The lowest BCUT2D eigenvalue weighted by atomic mass is 10.2. The van der Waals surface area contributed by atoms with Crippen LogP contribution in [-0.2, 0) is 0 Å². The third kappa shape index (κ3) is 4.60. The number of ether oxygens (including phenoxy) is 1. The van der Waals surface area contributed by atoms with E-state index < -0.39 is 5.91 Å². The highest BCUT2D eigenvalue weighted by molar-refractivity contribution is 14.1. The second-order valence-corrected chi connectivity index (χ2v) is 6.72. The SMILES string of the molecule is CCOc1cc(/C=N\NC(=O)c2cc(Br)ccc2O)cc(I)c1O. The lowest BCUT2D eigenvalue weighted by Gasteiger charge is -2.08. The second kappa shape index (κ2) is 8.34. The lowest BCUT2D eigenvalue weighted by Crippen LogP contribution is -2.17. The number of aromatic hydroxyl groups is 2. The molecule has 24 heavy (non-hydrogen) atoms. The molecule has 2 aromatic carbocycles. The van der Waals surface area contributed by atoms with E-state index in [1.54, 1.807) is 18.2 Å². The van der Waals surface area contributed by atoms with Crippen molar-refractivity contribution in [2.45, 2.75) is 6.92 Å². The summed E-state index contributed by atoms with van der Waals surface area (Å²) in [5, 5.41) is 23.5. The van der Waals surface area contributed by atoms with Crippen LogP contribution in [0.4, 0.5) is 0 Å². The van der Waals surface area contributed by atoms with Crippen molar-refractivity contribution >= 4 is 50.6 Å². The number of hydrogen-bond acceptors (Lipinski definition) is 5. The molecule has 0 aliphatic carbocycles. The van der Waals surface area contributed by atoms with Crippen LogP contribution in [-0.4, -0.2) is 28.9 Å². The maximum Gasteiger partial charge on any atom is 0.275 e. The molecule has 1 amide bonds. The van der Waals surface area contributed by atoms with E-state index in [1.165, 1.54) is 18.3 Å². The Morgan fingerprint density at radius 2 is 2.12 bits per heavy atom. The molecular weight excluding hydrogens is 491 g/mol. The van der Waals surface area contributed by atoms with Crippen molar-refractivity contribution in [1.29, 1.82) is 0 Å². The zero-order valence-electron chi connectivity index (χ0n) is 12.6. The van der Waals surface area contributed by atoms with Gasteiger partial charge in [-0.15, -0.1) is 0 Å². The minimum atomic E-state index is -0.538. The summed E-state index contributed by atoms with van der Waals surface area (Å²) in [6.45, 7) is 2.24. The number of nitrogens with one attached hydrogen (secondary N) is 1. The van der Waals surface area contributed by atoms with Crippen LogP contribution in [0.2, 0.25) is 0 Å². The zero-order valence-corrected chi connectivity index (χ0v) is 16.3. The summed E-state index contributed by atoms with van der Waals surface area (Å²) in [5.74, 6) is -0.258. The number of rotatable bonds is 5. The number of hydrogen-bond donors (Lipinski definition) is 3. The molecule has 3 N–H and O–H groups in total. The molecule has 0 fully saturated rings. The highest BCUT2D eigenvalue weighted by Crippen LogP contribution is 2.32. The number of carbonyl (C=O) groups excluding carboxylic acids is 1. The van der Waals surface area contributed by atoms with Crippen molar-refractivity contribution in [2.75, 3.05) is 6.61 Å². The number of hydrazone groups is 1. The van der Waals surface area contributed by atoms with Gasteiger partial charge in [0.05, 0.1) is 22.0 Å². The maximum absolute atomic E-state index is 12.0. The zero-order chi connectivity index (χ0) is 17.7. The Labute approximate surface area is 160 Å². The maximum atomic E-state index is 12.0. The highest BCUT2D eigenvalue weighted by Gasteiger charge is 2.11. The first-order valence-corrected chi connectivity index (χ1v) is 8.76. The molecule has 0 radical (unpaired) electrons. The van der Waals surface area contributed by atoms with Crippen LogP contribution in [0.1, 0.15) is 22.8 Å². The molecule has 0 bridgehead atoms. The molecule has 0 aromatic heterocycles. The van der Waals surface area contributed by atoms with Crippen molar-refractivity contribution in [1.82, 2.24) is 5.43 Å². The fourth-order valence-corrected chi connectivity index (χ4v) is 2.84. The molecular formula is C16H14BrIN2O4. The minimum Gasteiger partial charge on any atom is -0.507 e. The number of benzene rings is 2. The molecule has 6 nitrogen and oxygen atoms in total. The largest absolute Gasteiger partial charge is 0.507 e. The van der Waals surface area contributed by atoms with Crippen molar-refractivity contribution < 1.29 is 19.7 Å². The monoisotopic (exact) mass is 504 g/mol. The summed E-state index contributed by atoms with van der Waals surface area (Å²) >= 11 is 5.22. The smallest absolute Gasteiger partial charge is 0.275 e. The standard InChI is InChI=1S/C16H14BrIN2O4/c1-2-24-14-6-9(5-12(18)15(14)22)8-19-20-16(23)11-7-10(17)3-4-13(11)21/h3-8,21-22H,2H2,1H3,(H,20,23)/b19-8-. The number of amides is 1. The van der Waals surface area contributed by atoms with E-state index >= 15 is 0 Å². The highest BCUT2D eigenvalue weighted by atomic mass is 127. The fourth-order valence-electron chi connectivity index (χ4n) is 1.85. The third-order valence-corrected chi connectivity index (χ3v) is 4.25. The van der Waals surface area contributed by atoms with E-state index in [1.807, 2.05) is 29.5 Å². The van der Waals surface area contributed by atoms with Gasteiger partial charge in [-0.05, 0) is 65.4 Å². The second-order valence-electron chi connectivity index (χ2n) is 4.64. The molecule has 2 rings (SSSR count). The Hall–Kier alpha value is -1.81. The van der Waals surface area contributed by atoms with Gasteiger partial charge in [0.25, 0.3) is 5.91 Å². The van der Waals surface area contributed by atoms with Gasteiger partial charge in [-0.25, -0.2) is 5.43 Å². The van der Waals surface area contributed by atoms with Crippen LogP contribution in [0.25, 0.3) is 0 Å². The minimum absolute atomic E-state index is 0.0673. The number of carbonyl (C=O) groups is 1. The predicted molar refractivity (Wildman–Crippen MR) is 103 cm³/mol. The van der Waals surface area contributed by atoms with E-state index in [9.17, 15) is 15.0 Å².